The van der Waals surface area contributed by atoms with Gasteiger partial charge in [0, 0.05) is 11.8 Å². The van der Waals surface area contributed by atoms with Crippen LogP contribution in [0.2, 0.25) is 0 Å². The lowest BCUT2D eigenvalue weighted by Gasteiger charge is -2.18. The van der Waals surface area contributed by atoms with Gasteiger partial charge in [0.15, 0.2) is 17.2 Å². The van der Waals surface area contributed by atoms with Gasteiger partial charge >= 0.3 is 0 Å². The Bertz CT molecular complexity index is 1080. The van der Waals surface area contributed by atoms with Crippen LogP contribution in [0.3, 0.4) is 0 Å². The van der Waals surface area contributed by atoms with E-state index in [1.165, 1.54) is 0 Å². The van der Waals surface area contributed by atoms with Crippen LogP contribution in [0.5, 0.6) is 11.5 Å². The van der Waals surface area contributed by atoms with Crippen LogP contribution >= 0.6 is 0 Å². The highest BCUT2D eigenvalue weighted by molar-refractivity contribution is 6.03. The van der Waals surface area contributed by atoms with Gasteiger partial charge in [0.05, 0.1) is 32.0 Å². The maximum absolute atomic E-state index is 5.50. The number of aromatic nitrogens is 3. The highest BCUT2D eigenvalue weighted by atomic mass is 16.7. The molecule has 0 aliphatic carbocycles. The van der Waals surface area contributed by atoms with E-state index >= 15 is 0 Å². The fourth-order valence-electron chi connectivity index (χ4n) is 3.20. The Kier molecular flexibility index (Phi) is 4.75. The SMILES string of the molecule is COc1ccc(OC)c([C@@H](C)Nc2ccn3ncc(C4=NC(C)(C)ON4)c3n2)c1. The quantitative estimate of drug-likeness (QED) is 0.661. The van der Waals surface area contributed by atoms with Crippen molar-refractivity contribution in [1.82, 2.24) is 20.1 Å². The number of nitrogens with one attached hydrogen (secondary N) is 2. The van der Waals surface area contributed by atoms with Crippen molar-refractivity contribution in [2.75, 3.05) is 19.5 Å². The molecular weight excluding hydrogens is 372 g/mol. The third-order valence-electron chi connectivity index (χ3n) is 4.67. The highest BCUT2D eigenvalue weighted by Crippen LogP contribution is 2.31. The van der Waals surface area contributed by atoms with Crippen LogP contribution in [0.1, 0.15) is 37.9 Å². The molecule has 0 fully saturated rings. The van der Waals surface area contributed by atoms with E-state index in [2.05, 4.69) is 20.9 Å². The fourth-order valence-corrected chi connectivity index (χ4v) is 3.20. The van der Waals surface area contributed by atoms with E-state index < -0.39 is 5.72 Å². The van der Waals surface area contributed by atoms with Gasteiger partial charge in [-0.05, 0) is 45.0 Å². The summed E-state index contributed by atoms with van der Waals surface area (Å²) in [7, 11) is 3.30. The molecule has 1 aliphatic rings. The normalized spacial score (nSPS) is 16.2. The summed E-state index contributed by atoms with van der Waals surface area (Å²) in [4.78, 5) is 14.7. The van der Waals surface area contributed by atoms with Gasteiger partial charge in [0.25, 0.3) is 0 Å². The van der Waals surface area contributed by atoms with Gasteiger partial charge in [-0.25, -0.2) is 24.8 Å². The lowest BCUT2D eigenvalue weighted by atomic mass is 10.1. The van der Waals surface area contributed by atoms with Gasteiger partial charge in [-0.1, -0.05) is 0 Å². The van der Waals surface area contributed by atoms with Crippen molar-refractivity contribution < 1.29 is 14.3 Å². The second-order valence-electron chi connectivity index (χ2n) is 7.22. The molecular formula is C20H24N6O3. The van der Waals surface area contributed by atoms with Crippen LogP contribution in [0.4, 0.5) is 5.82 Å². The third-order valence-corrected chi connectivity index (χ3v) is 4.67. The van der Waals surface area contributed by atoms with Crippen molar-refractivity contribution in [2.24, 2.45) is 4.99 Å². The maximum atomic E-state index is 5.50. The molecule has 0 spiro atoms. The molecule has 152 valence electrons. The summed E-state index contributed by atoms with van der Waals surface area (Å²) in [5.41, 5.74) is 4.65. The molecule has 0 saturated carbocycles. The summed E-state index contributed by atoms with van der Waals surface area (Å²) >= 11 is 0. The summed E-state index contributed by atoms with van der Waals surface area (Å²) in [5, 5.41) is 7.77. The molecule has 3 heterocycles. The number of methoxy groups -OCH3 is 2. The Morgan fingerprint density at radius 1 is 1.21 bits per heavy atom. The molecule has 29 heavy (non-hydrogen) atoms. The summed E-state index contributed by atoms with van der Waals surface area (Å²) in [5.74, 6) is 2.86. The smallest absolute Gasteiger partial charge is 0.182 e. The fraction of sp³-hybridized carbons (Fsp3) is 0.350. The number of hydrogen-bond acceptors (Lipinski definition) is 8. The van der Waals surface area contributed by atoms with Crippen LogP contribution in [-0.2, 0) is 4.84 Å². The lowest BCUT2D eigenvalue weighted by Crippen LogP contribution is -2.23. The minimum absolute atomic E-state index is 0.0643. The predicted molar refractivity (Wildman–Crippen MR) is 109 cm³/mol. The number of hydrogen-bond donors (Lipinski definition) is 2. The molecule has 0 unspecified atom stereocenters. The Morgan fingerprint density at radius 3 is 2.72 bits per heavy atom. The zero-order chi connectivity index (χ0) is 20.6. The van der Waals surface area contributed by atoms with Crippen molar-refractivity contribution >= 4 is 17.3 Å². The summed E-state index contributed by atoms with van der Waals surface area (Å²) in [6.07, 6.45) is 3.57. The monoisotopic (exact) mass is 396 g/mol. The van der Waals surface area contributed by atoms with E-state index in [0.29, 0.717) is 17.3 Å². The van der Waals surface area contributed by atoms with E-state index in [0.717, 1.165) is 22.6 Å². The first-order valence-corrected chi connectivity index (χ1v) is 9.27. The van der Waals surface area contributed by atoms with Crippen LogP contribution in [-0.4, -0.2) is 40.4 Å². The molecule has 1 atom stereocenters. The van der Waals surface area contributed by atoms with Gasteiger partial charge in [-0.3, -0.25) is 0 Å². The van der Waals surface area contributed by atoms with E-state index in [1.54, 1.807) is 24.9 Å². The summed E-state index contributed by atoms with van der Waals surface area (Å²) in [6.45, 7) is 5.80. The average molecular weight is 396 g/mol. The first-order chi connectivity index (χ1) is 13.9. The minimum Gasteiger partial charge on any atom is -0.497 e. The van der Waals surface area contributed by atoms with E-state index in [9.17, 15) is 0 Å². The molecule has 1 aromatic carbocycles. The molecule has 0 saturated heterocycles. The lowest BCUT2D eigenvalue weighted by molar-refractivity contribution is -0.0269. The number of hydroxylamine groups is 1. The molecule has 3 aromatic rings. The molecule has 2 aromatic heterocycles. The van der Waals surface area contributed by atoms with E-state index in [-0.39, 0.29) is 6.04 Å². The molecule has 1 aliphatic heterocycles. The summed E-state index contributed by atoms with van der Waals surface area (Å²) < 4.78 is 12.5. The number of ether oxygens (including phenoxy) is 2. The topological polar surface area (TPSA) is 94.3 Å². The molecule has 4 rings (SSSR count). The van der Waals surface area contributed by atoms with Gasteiger partial charge in [0.2, 0.25) is 0 Å². The van der Waals surface area contributed by atoms with Crippen molar-refractivity contribution in [3.63, 3.8) is 0 Å². The molecule has 9 heteroatoms. The number of amidine groups is 1. The first kappa shape index (κ1) is 19.0. The zero-order valence-electron chi connectivity index (χ0n) is 17.1. The van der Waals surface area contributed by atoms with Gasteiger partial charge in [0.1, 0.15) is 17.3 Å². The van der Waals surface area contributed by atoms with Crippen LogP contribution in [0.25, 0.3) is 5.65 Å². The van der Waals surface area contributed by atoms with Crippen molar-refractivity contribution in [1.29, 1.82) is 0 Å². The van der Waals surface area contributed by atoms with Crippen LogP contribution < -0.4 is 20.3 Å². The number of rotatable bonds is 6. The number of fused-ring (bicyclic) bond motifs is 1. The number of nitrogens with zero attached hydrogens (tertiary/aromatic N) is 4. The number of aliphatic imine (C=N–C) groups is 1. The molecule has 2 N–H and O–H groups in total. The Balaban J connectivity index is 1.65. The Hall–Kier alpha value is -3.33. The van der Waals surface area contributed by atoms with Crippen molar-refractivity contribution in [3.05, 3.63) is 47.8 Å². The number of anilines is 1. The standard InChI is InChI=1S/C20H24N6O3/c1-12(14-10-13(27-4)6-7-16(14)28-5)22-17-8-9-26-19(23-17)15(11-21-26)18-24-20(2,3)29-25-18/h6-12H,1-5H3,(H,22,23)(H,24,25)/t12-/m1/s1. The maximum Gasteiger partial charge on any atom is 0.182 e. The van der Waals surface area contributed by atoms with Crippen molar-refractivity contribution in [2.45, 2.75) is 32.5 Å². The molecule has 0 bridgehead atoms. The van der Waals surface area contributed by atoms with Gasteiger partial charge < -0.3 is 14.8 Å². The number of benzene rings is 1. The van der Waals surface area contributed by atoms with E-state index in [1.807, 2.05) is 51.2 Å². The molecule has 0 amide bonds. The third kappa shape index (κ3) is 3.68. The highest BCUT2D eigenvalue weighted by Gasteiger charge is 2.28. The van der Waals surface area contributed by atoms with E-state index in [4.69, 9.17) is 19.3 Å². The average Bonchev–Trinajstić information content (AvgIpc) is 3.29. The van der Waals surface area contributed by atoms with Gasteiger partial charge in [-0.15, -0.1) is 0 Å². The predicted octanol–water partition coefficient (Wildman–Crippen LogP) is 2.94. The van der Waals surface area contributed by atoms with Crippen LogP contribution in [0, 0.1) is 0 Å². The zero-order valence-corrected chi connectivity index (χ0v) is 17.1. The molecule has 0 radical (unpaired) electrons. The Morgan fingerprint density at radius 2 is 2.03 bits per heavy atom. The van der Waals surface area contributed by atoms with Gasteiger partial charge in [-0.2, -0.15) is 5.10 Å². The molecule has 9 nitrogen and oxygen atoms in total. The second-order valence-corrected chi connectivity index (χ2v) is 7.22. The second kappa shape index (κ2) is 7.25. The Labute approximate surface area is 168 Å². The largest absolute Gasteiger partial charge is 0.497 e. The van der Waals surface area contributed by atoms with Crippen molar-refractivity contribution in [3.8, 4) is 11.5 Å². The van der Waals surface area contributed by atoms with Crippen LogP contribution in [0.15, 0.2) is 41.7 Å². The minimum atomic E-state index is -0.628. The summed E-state index contributed by atoms with van der Waals surface area (Å²) in [6, 6.07) is 7.53. The first-order valence-electron chi connectivity index (χ1n) is 9.27.